The Balaban J connectivity index is 1.98. The van der Waals surface area contributed by atoms with Crippen molar-refractivity contribution >= 4 is 33.4 Å². The van der Waals surface area contributed by atoms with Gasteiger partial charge in [0.25, 0.3) is 0 Å². The Morgan fingerprint density at radius 2 is 2.18 bits per heavy atom. The van der Waals surface area contributed by atoms with Crippen LogP contribution in [0.3, 0.4) is 0 Å². The van der Waals surface area contributed by atoms with Crippen molar-refractivity contribution in [3.63, 3.8) is 0 Å². The first-order valence-electron chi connectivity index (χ1n) is 6.14. The Bertz CT molecular complexity index is 364. The van der Waals surface area contributed by atoms with Crippen molar-refractivity contribution in [2.75, 3.05) is 18.1 Å². The van der Waals surface area contributed by atoms with Gasteiger partial charge in [0.1, 0.15) is 0 Å². The highest BCUT2D eigenvalue weighted by Crippen LogP contribution is 2.39. The van der Waals surface area contributed by atoms with E-state index in [0.717, 1.165) is 16.7 Å². The van der Waals surface area contributed by atoms with E-state index in [2.05, 4.69) is 32.5 Å². The summed E-state index contributed by atoms with van der Waals surface area (Å²) in [6, 6.07) is 2.03. The maximum absolute atomic E-state index is 4.09. The molecule has 0 unspecified atom stereocenters. The number of hydrogen-bond donors (Lipinski definition) is 1. The Morgan fingerprint density at radius 1 is 1.41 bits per heavy atom. The molecule has 0 aliphatic heterocycles. The van der Waals surface area contributed by atoms with Crippen LogP contribution >= 0.6 is 27.7 Å². The van der Waals surface area contributed by atoms with Crippen LogP contribution in [0, 0.1) is 0 Å². The standard InChI is InChI=1S/C13H19BrN2S/c1-17-13(6-3-2-4-7-13)10-16-12-5-8-15-9-11(12)14/h5,8-9H,2-4,6-7,10H2,1H3,(H,15,16). The van der Waals surface area contributed by atoms with Crippen LogP contribution in [-0.4, -0.2) is 22.5 Å². The molecule has 0 radical (unpaired) electrons. The normalized spacial score (nSPS) is 18.9. The van der Waals surface area contributed by atoms with Crippen LogP contribution in [0.2, 0.25) is 0 Å². The Labute approximate surface area is 116 Å². The second-order valence-corrected chi connectivity index (χ2v) is 6.79. The van der Waals surface area contributed by atoms with E-state index in [1.54, 1.807) is 0 Å². The molecule has 2 nitrogen and oxygen atoms in total. The van der Waals surface area contributed by atoms with Gasteiger partial charge >= 0.3 is 0 Å². The molecule has 1 aromatic heterocycles. The molecular formula is C13H19BrN2S. The van der Waals surface area contributed by atoms with E-state index < -0.39 is 0 Å². The fourth-order valence-corrected chi connectivity index (χ4v) is 3.73. The lowest BCUT2D eigenvalue weighted by atomic mass is 9.88. The Hall–Kier alpha value is -0.220. The van der Waals surface area contributed by atoms with Gasteiger partial charge in [-0.1, -0.05) is 19.3 Å². The summed E-state index contributed by atoms with van der Waals surface area (Å²) in [5.41, 5.74) is 1.15. The van der Waals surface area contributed by atoms with Crippen molar-refractivity contribution in [2.45, 2.75) is 36.9 Å². The SMILES string of the molecule is CSC1(CNc2ccncc2Br)CCCCC1. The fourth-order valence-electron chi connectivity index (χ4n) is 2.42. The predicted octanol–water partition coefficient (Wildman–Crippen LogP) is 4.32. The first-order chi connectivity index (χ1) is 8.26. The van der Waals surface area contributed by atoms with Crippen molar-refractivity contribution < 1.29 is 0 Å². The van der Waals surface area contributed by atoms with Gasteiger partial charge in [-0.3, -0.25) is 4.98 Å². The summed E-state index contributed by atoms with van der Waals surface area (Å²) in [5, 5.41) is 3.57. The average molecular weight is 315 g/mol. The number of aromatic nitrogens is 1. The van der Waals surface area contributed by atoms with Gasteiger partial charge in [-0.2, -0.15) is 11.8 Å². The zero-order chi connectivity index (χ0) is 12.1. The van der Waals surface area contributed by atoms with E-state index in [9.17, 15) is 0 Å². The minimum atomic E-state index is 0.432. The molecule has 2 rings (SSSR count). The van der Waals surface area contributed by atoms with Gasteiger partial charge in [-0.05, 0) is 41.1 Å². The van der Waals surface area contributed by atoms with Gasteiger partial charge in [0.2, 0.25) is 0 Å². The molecule has 0 amide bonds. The summed E-state index contributed by atoms with van der Waals surface area (Å²) in [6.45, 7) is 1.05. The monoisotopic (exact) mass is 314 g/mol. The van der Waals surface area contributed by atoms with Crippen LogP contribution in [0.1, 0.15) is 32.1 Å². The van der Waals surface area contributed by atoms with Crippen LogP contribution in [0.4, 0.5) is 5.69 Å². The van der Waals surface area contributed by atoms with Crippen molar-refractivity contribution in [2.24, 2.45) is 0 Å². The molecule has 94 valence electrons. The van der Waals surface area contributed by atoms with Gasteiger partial charge in [0, 0.05) is 23.7 Å². The molecule has 0 bridgehead atoms. The number of hydrogen-bond acceptors (Lipinski definition) is 3. The summed E-state index contributed by atoms with van der Waals surface area (Å²) in [4.78, 5) is 4.09. The van der Waals surface area contributed by atoms with E-state index >= 15 is 0 Å². The zero-order valence-electron chi connectivity index (χ0n) is 10.2. The van der Waals surface area contributed by atoms with E-state index in [0.29, 0.717) is 4.75 Å². The number of anilines is 1. The topological polar surface area (TPSA) is 24.9 Å². The van der Waals surface area contributed by atoms with E-state index in [4.69, 9.17) is 0 Å². The first-order valence-corrected chi connectivity index (χ1v) is 8.16. The van der Waals surface area contributed by atoms with Gasteiger partial charge in [0.15, 0.2) is 0 Å². The number of nitrogens with one attached hydrogen (secondary N) is 1. The van der Waals surface area contributed by atoms with Crippen LogP contribution < -0.4 is 5.32 Å². The molecule has 0 spiro atoms. The number of pyridine rings is 1. The van der Waals surface area contributed by atoms with Gasteiger partial charge in [-0.15, -0.1) is 0 Å². The van der Waals surface area contributed by atoms with Gasteiger partial charge in [-0.25, -0.2) is 0 Å². The summed E-state index contributed by atoms with van der Waals surface area (Å²) >= 11 is 5.55. The minimum absolute atomic E-state index is 0.432. The number of thioether (sulfide) groups is 1. The molecule has 4 heteroatoms. The third kappa shape index (κ3) is 3.38. The third-order valence-corrected chi connectivity index (χ3v) is 5.62. The highest BCUT2D eigenvalue weighted by molar-refractivity contribution is 9.10. The first kappa shape index (κ1) is 13.2. The zero-order valence-corrected chi connectivity index (χ0v) is 12.6. The summed E-state index contributed by atoms with van der Waals surface area (Å²) in [7, 11) is 0. The summed E-state index contributed by atoms with van der Waals surface area (Å²) in [5.74, 6) is 0. The molecule has 1 aliphatic rings. The predicted molar refractivity (Wildman–Crippen MR) is 79.8 cm³/mol. The minimum Gasteiger partial charge on any atom is -0.383 e. The molecule has 0 aromatic carbocycles. The maximum atomic E-state index is 4.09. The van der Waals surface area contributed by atoms with Crippen molar-refractivity contribution in [3.05, 3.63) is 22.9 Å². The fraction of sp³-hybridized carbons (Fsp3) is 0.615. The molecule has 0 atom stereocenters. The lowest BCUT2D eigenvalue weighted by molar-refractivity contribution is 0.411. The summed E-state index contributed by atoms with van der Waals surface area (Å²) in [6.07, 6.45) is 12.7. The lowest BCUT2D eigenvalue weighted by Gasteiger charge is -2.36. The average Bonchev–Trinajstić information content (AvgIpc) is 2.39. The van der Waals surface area contributed by atoms with E-state index in [-0.39, 0.29) is 0 Å². The molecule has 0 saturated heterocycles. The van der Waals surface area contributed by atoms with Crippen LogP contribution in [-0.2, 0) is 0 Å². The van der Waals surface area contributed by atoms with Crippen molar-refractivity contribution in [3.8, 4) is 0 Å². The van der Waals surface area contributed by atoms with Gasteiger partial charge < -0.3 is 5.32 Å². The number of halogens is 1. The molecule has 1 fully saturated rings. The van der Waals surface area contributed by atoms with Crippen LogP contribution in [0.5, 0.6) is 0 Å². The van der Waals surface area contributed by atoms with Crippen LogP contribution in [0.25, 0.3) is 0 Å². The largest absolute Gasteiger partial charge is 0.383 e. The molecule has 1 aliphatic carbocycles. The second kappa shape index (κ2) is 6.10. The highest BCUT2D eigenvalue weighted by atomic mass is 79.9. The van der Waals surface area contributed by atoms with Crippen molar-refractivity contribution in [1.82, 2.24) is 4.98 Å². The van der Waals surface area contributed by atoms with Crippen LogP contribution in [0.15, 0.2) is 22.9 Å². The maximum Gasteiger partial charge on any atom is 0.0590 e. The number of nitrogens with zero attached hydrogens (tertiary/aromatic N) is 1. The Kier molecular flexibility index (Phi) is 4.74. The smallest absolute Gasteiger partial charge is 0.0590 e. The molecule has 1 aromatic rings. The lowest BCUT2D eigenvalue weighted by Crippen LogP contribution is -2.35. The van der Waals surface area contributed by atoms with E-state index in [1.807, 2.05) is 30.2 Å². The quantitative estimate of drug-likeness (QED) is 0.895. The Morgan fingerprint density at radius 3 is 2.82 bits per heavy atom. The summed E-state index contributed by atoms with van der Waals surface area (Å²) < 4.78 is 1.48. The molecule has 1 saturated carbocycles. The van der Waals surface area contributed by atoms with E-state index in [1.165, 1.54) is 32.1 Å². The third-order valence-electron chi connectivity index (χ3n) is 3.57. The molecule has 1 heterocycles. The number of rotatable bonds is 4. The molecule has 1 N–H and O–H groups in total. The molecule has 17 heavy (non-hydrogen) atoms. The highest BCUT2D eigenvalue weighted by Gasteiger charge is 2.30. The molecular weight excluding hydrogens is 296 g/mol. The second-order valence-electron chi connectivity index (χ2n) is 4.66. The van der Waals surface area contributed by atoms with Crippen molar-refractivity contribution in [1.29, 1.82) is 0 Å². The van der Waals surface area contributed by atoms with Gasteiger partial charge in [0.05, 0.1) is 10.2 Å².